The molecule has 0 aromatic rings. The molecule has 18 heteroatoms. The molecule has 6 amide bonds. The lowest BCUT2D eigenvalue weighted by molar-refractivity contribution is 0.194. The van der Waals surface area contributed by atoms with E-state index in [0.29, 0.717) is 19.3 Å². The number of hydrogen-bond acceptors (Lipinski definition) is 9. The van der Waals surface area contributed by atoms with Gasteiger partial charge in [0.2, 0.25) is 0 Å². The van der Waals surface area contributed by atoms with E-state index in [-0.39, 0.29) is 98.1 Å². The van der Waals surface area contributed by atoms with Gasteiger partial charge in [0.15, 0.2) is 29.5 Å². The molecule has 0 aliphatic carbocycles. The van der Waals surface area contributed by atoms with Crippen LogP contribution in [-0.4, -0.2) is 129 Å². The van der Waals surface area contributed by atoms with Crippen molar-refractivity contribution in [2.75, 3.05) is 80.3 Å². The Morgan fingerprint density at radius 3 is 1.23 bits per heavy atom. The molecule has 3 unspecified atom stereocenters. The van der Waals surface area contributed by atoms with Gasteiger partial charge in [-0.2, -0.15) is 0 Å². The fourth-order valence-corrected chi connectivity index (χ4v) is 10.6. The molecule has 0 bridgehead atoms. The van der Waals surface area contributed by atoms with E-state index in [0.717, 1.165) is 0 Å². The highest BCUT2D eigenvalue weighted by Crippen LogP contribution is 2.18. The monoisotopic (exact) mass is 628 g/mol. The molecule has 0 saturated carbocycles. The highest BCUT2D eigenvalue weighted by molar-refractivity contribution is 7.92. The summed E-state index contributed by atoms with van der Waals surface area (Å²) in [4.78, 5) is 38.5. The lowest BCUT2D eigenvalue weighted by Gasteiger charge is -2.24. The zero-order valence-corrected chi connectivity index (χ0v) is 24.8. The molecular formula is C22H40N6O9S3. The molecular weight excluding hydrogens is 588 g/mol. The fraction of sp³-hybridized carbons (Fsp3) is 0.864. The van der Waals surface area contributed by atoms with E-state index >= 15 is 0 Å². The minimum Gasteiger partial charge on any atom is -0.338 e. The summed E-state index contributed by atoms with van der Waals surface area (Å²) in [6, 6.07) is -1.46. The van der Waals surface area contributed by atoms with Gasteiger partial charge >= 0.3 is 18.1 Å². The summed E-state index contributed by atoms with van der Waals surface area (Å²) >= 11 is 0. The third-order valence-electron chi connectivity index (χ3n) is 7.25. The van der Waals surface area contributed by atoms with Gasteiger partial charge in [-0.15, -0.1) is 0 Å². The maximum absolute atomic E-state index is 12.8. The maximum Gasteiger partial charge on any atom is 0.317 e. The molecule has 0 spiro atoms. The standard InChI is InChI=1S/C22H40N6O9S3/c29-20(25-11-17-1-8-38(32,33)14-17)23-4-6-28(22(31)27-13-19-3-10-40(36,37)16-19)7-5-24-21(30)26-12-18-2-9-39(34,35)15-18/h17-19H,1-16H2,(H,27,31)(H2,23,25,29)(H2,24,26,30). The quantitative estimate of drug-likeness (QED) is 0.160. The minimum atomic E-state index is -3.09. The van der Waals surface area contributed by atoms with Gasteiger partial charge in [-0.25, -0.2) is 39.6 Å². The van der Waals surface area contributed by atoms with Crippen molar-refractivity contribution in [3.63, 3.8) is 0 Å². The second-order valence-electron chi connectivity index (χ2n) is 10.8. The number of carbonyl (C=O) groups is 3. The number of nitrogens with one attached hydrogen (secondary N) is 5. The third kappa shape index (κ3) is 11.3. The van der Waals surface area contributed by atoms with Crippen molar-refractivity contribution in [2.24, 2.45) is 17.8 Å². The lowest BCUT2D eigenvalue weighted by atomic mass is 10.1. The van der Waals surface area contributed by atoms with Crippen LogP contribution in [0.25, 0.3) is 0 Å². The van der Waals surface area contributed by atoms with Gasteiger partial charge in [0.25, 0.3) is 0 Å². The van der Waals surface area contributed by atoms with Gasteiger partial charge in [0.05, 0.1) is 34.5 Å². The van der Waals surface area contributed by atoms with Crippen LogP contribution in [0.3, 0.4) is 0 Å². The Balaban J connectivity index is 1.41. The first kappa shape index (κ1) is 32.2. The molecule has 3 saturated heterocycles. The Morgan fingerprint density at radius 2 is 0.900 bits per heavy atom. The van der Waals surface area contributed by atoms with Crippen molar-refractivity contribution in [1.82, 2.24) is 31.5 Å². The SMILES string of the molecule is O=C(NCCN(CCNC(=O)NCC1CCS(=O)(=O)C1)C(=O)NCC1CCS(=O)(=O)C1)NCC1CCS(=O)(=O)C1. The van der Waals surface area contributed by atoms with Crippen LogP contribution >= 0.6 is 0 Å². The van der Waals surface area contributed by atoms with E-state index in [9.17, 15) is 39.6 Å². The number of urea groups is 3. The van der Waals surface area contributed by atoms with E-state index in [1.54, 1.807) is 0 Å². The van der Waals surface area contributed by atoms with Gasteiger partial charge in [-0.1, -0.05) is 0 Å². The Bertz CT molecular complexity index is 1170. The smallest absolute Gasteiger partial charge is 0.317 e. The van der Waals surface area contributed by atoms with Crippen molar-refractivity contribution in [3.8, 4) is 0 Å². The van der Waals surface area contributed by atoms with E-state index in [2.05, 4.69) is 26.6 Å². The summed E-state index contributed by atoms with van der Waals surface area (Å²) in [7, 11) is -9.17. The first-order chi connectivity index (χ1) is 18.7. The Morgan fingerprint density at radius 1 is 0.550 bits per heavy atom. The lowest BCUT2D eigenvalue weighted by Crippen LogP contribution is -2.49. The number of rotatable bonds is 12. The molecule has 0 aromatic heterocycles. The van der Waals surface area contributed by atoms with Crippen LogP contribution in [-0.2, 0) is 29.5 Å². The average molecular weight is 629 g/mol. The first-order valence-corrected chi connectivity index (χ1v) is 18.9. The molecule has 3 aliphatic heterocycles. The molecule has 3 atom stereocenters. The number of amides is 6. The zero-order chi connectivity index (χ0) is 29.4. The first-order valence-electron chi connectivity index (χ1n) is 13.4. The van der Waals surface area contributed by atoms with E-state index < -0.39 is 47.6 Å². The molecule has 15 nitrogen and oxygen atoms in total. The molecule has 5 N–H and O–H groups in total. The fourth-order valence-electron chi connectivity index (χ4n) is 4.97. The summed E-state index contributed by atoms with van der Waals surface area (Å²) in [5.41, 5.74) is 0. The Labute approximate surface area is 235 Å². The number of sulfone groups is 3. The molecule has 3 rings (SSSR count). The van der Waals surface area contributed by atoms with Crippen LogP contribution in [0.5, 0.6) is 0 Å². The number of hydrogen-bond donors (Lipinski definition) is 5. The molecule has 40 heavy (non-hydrogen) atoms. The highest BCUT2D eigenvalue weighted by atomic mass is 32.2. The van der Waals surface area contributed by atoms with E-state index in [4.69, 9.17) is 0 Å². The van der Waals surface area contributed by atoms with Crippen LogP contribution in [0.1, 0.15) is 19.3 Å². The van der Waals surface area contributed by atoms with Crippen molar-refractivity contribution in [2.45, 2.75) is 19.3 Å². The molecule has 3 fully saturated rings. The van der Waals surface area contributed by atoms with Crippen molar-refractivity contribution in [1.29, 1.82) is 0 Å². The van der Waals surface area contributed by atoms with Gasteiger partial charge in [-0.3, -0.25) is 0 Å². The van der Waals surface area contributed by atoms with Crippen molar-refractivity contribution < 1.29 is 39.6 Å². The number of nitrogens with zero attached hydrogens (tertiary/aromatic N) is 1. The van der Waals surface area contributed by atoms with Crippen LogP contribution in [0.15, 0.2) is 0 Å². The van der Waals surface area contributed by atoms with Crippen LogP contribution in [0.4, 0.5) is 14.4 Å². The van der Waals surface area contributed by atoms with Gasteiger partial charge in [0.1, 0.15) is 0 Å². The van der Waals surface area contributed by atoms with Gasteiger partial charge < -0.3 is 31.5 Å². The molecule has 3 heterocycles. The average Bonchev–Trinajstić information content (AvgIpc) is 3.53. The third-order valence-corrected chi connectivity index (χ3v) is 12.8. The van der Waals surface area contributed by atoms with E-state index in [1.807, 2.05) is 0 Å². The Kier molecular flexibility index (Phi) is 11.3. The van der Waals surface area contributed by atoms with Crippen molar-refractivity contribution in [3.05, 3.63) is 0 Å². The summed E-state index contributed by atoms with van der Waals surface area (Å²) < 4.78 is 69.6. The largest absolute Gasteiger partial charge is 0.338 e. The van der Waals surface area contributed by atoms with Gasteiger partial charge in [-0.05, 0) is 37.0 Å². The van der Waals surface area contributed by atoms with Crippen LogP contribution in [0.2, 0.25) is 0 Å². The maximum atomic E-state index is 12.8. The summed E-state index contributed by atoms with van der Waals surface area (Å²) in [5.74, 6) is -0.00860. The highest BCUT2D eigenvalue weighted by Gasteiger charge is 2.30. The summed E-state index contributed by atoms with van der Waals surface area (Å²) in [6.45, 7) is 1.01. The summed E-state index contributed by atoms with van der Waals surface area (Å²) in [6.07, 6.45) is 1.47. The normalized spacial score (nSPS) is 26.1. The second-order valence-corrected chi connectivity index (χ2v) is 17.4. The number of carbonyl (C=O) groups excluding carboxylic acids is 3. The second kappa shape index (κ2) is 14.0. The van der Waals surface area contributed by atoms with Crippen LogP contribution < -0.4 is 26.6 Å². The predicted octanol–water partition coefficient (Wildman–Crippen LogP) is -2.10. The Hall–Kier alpha value is -2.34. The zero-order valence-electron chi connectivity index (χ0n) is 22.4. The van der Waals surface area contributed by atoms with E-state index in [1.165, 1.54) is 4.90 Å². The summed E-state index contributed by atoms with van der Waals surface area (Å²) in [5, 5.41) is 13.3. The molecule has 0 radical (unpaired) electrons. The molecule has 3 aliphatic rings. The minimum absolute atomic E-state index is 0.0152. The molecule has 0 aromatic carbocycles. The molecule has 230 valence electrons. The topological polar surface area (TPSA) is 217 Å². The predicted molar refractivity (Wildman–Crippen MR) is 148 cm³/mol. The van der Waals surface area contributed by atoms with Gasteiger partial charge in [0, 0.05) is 45.8 Å². The van der Waals surface area contributed by atoms with Crippen molar-refractivity contribution >= 4 is 47.6 Å². The van der Waals surface area contributed by atoms with Crippen LogP contribution in [0, 0.1) is 17.8 Å².